The van der Waals surface area contributed by atoms with Gasteiger partial charge in [0.1, 0.15) is 5.75 Å². The van der Waals surface area contributed by atoms with Crippen LogP contribution in [0.3, 0.4) is 0 Å². The van der Waals surface area contributed by atoms with Crippen LogP contribution < -0.4 is 20.3 Å². The largest absolute Gasteiger partial charge is 0.484 e. The molecule has 0 aromatic heterocycles. The fourth-order valence-corrected chi connectivity index (χ4v) is 2.50. The monoisotopic (exact) mass is 415 g/mol. The van der Waals surface area contributed by atoms with E-state index >= 15 is 0 Å². The Morgan fingerprint density at radius 3 is 2.37 bits per heavy atom. The minimum absolute atomic E-state index is 0.0411. The predicted octanol–water partition coefficient (Wildman–Crippen LogP) is 3.10. The average Bonchev–Trinajstić information content (AvgIpc) is 2.75. The van der Waals surface area contributed by atoms with E-state index in [0.29, 0.717) is 11.7 Å². The third-order valence-electron chi connectivity index (χ3n) is 4.49. The second kappa shape index (κ2) is 10.8. The van der Waals surface area contributed by atoms with E-state index in [1.807, 2.05) is 12.1 Å². The average molecular weight is 415 g/mol. The Balaban J connectivity index is 1.79. The molecule has 0 spiro atoms. The molecule has 2 aromatic carbocycles. The van der Waals surface area contributed by atoms with Crippen molar-refractivity contribution in [2.75, 3.05) is 6.61 Å². The van der Waals surface area contributed by atoms with Gasteiger partial charge in [0.15, 0.2) is 18.5 Å². The van der Waals surface area contributed by atoms with Gasteiger partial charge in [0.05, 0.1) is 4.92 Å². The van der Waals surface area contributed by atoms with Gasteiger partial charge in [0.2, 0.25) is 0 Å². The van der Waals surface area contributed by atoms with Gasteiger partial charge in [-0.25, -0.2) is 0 Å². The molecule has 0 saturated carbocycles. The smallest absolute Gasteiger partial charge is 0.310 e. The van der Waals surface area contributed by atoms with Gasteiger partial charge in [0, 0.05) is 6.07 Å². The first-order chi connectivity index (χ1) is 14.3. The predicted molar refractivity (Wildman–Crippen MR) is 110 cm³/mol. The number of hydrogen-bond acceptors (Lipinski definition) is 6. The van der Waals surface area contributed by atoms with Gasteiger partial charge in [-0.05, 0) is 43.0 Å². The van der Waals surface area contributed by atoms with Gasteiger partial charge in [-0.1, -0.05) is 38.1 Å². The highest BCUT2D eigenvalue weighted by molar-refractivity contribution is 5.85. The lowest BCUT2D eigenvalue weighted by molar-refractivity contribution is -0.386. The lowest BCUT2D eigenvalue weighted by Gasteiger charge is -2.15. The zero-order valence-corrected chi connectivity index (χ0v) is 17.1. The van der Waals surface area contributed by atoms with Crippen LogP contribution in [0.1, 0.15) is 38.7 Å². The number of ether oxygens (including phenoxy) is 2. The molecule has 9 heteroatoms. The van der Waals surface area contributed by atoms with Crippen LogP contribution in [-0.4, -0.2) is 29.4 Å². The maximum absolute atomic E-state index is 12.1. The zero-order chi connectivity index (χ0) is 22.1. The molecule has 2 N–H and O–H groups in total. The van der Waals surface area contributed by atoms with Crippen molar-refractivity contribution < 1.29 is 24.0 Å². The quantitative estimate of drug-likeness (QED) is 0.480. The molecule has 0 unspecified atom stereocenters. The zero-order valence-electron chi connectivity index (χ0n) is 17.1. The number of carbonyl (C=O) groups excluding carboxylic acids is 2. The van der Waals surface area contributed by atoms with Crippen LogP contribution in [0.2, 0.25) is 0 Å². The summed E-state index contributed by atoms with van der Waals surface area (Å²) < 4.78 is 10.7. The number of rotatable bonds is 9. The van der Waals surface area contributed by atoms with Crippen LogP contribution in [0, 0.1) is 10.1 Å². The number of nitro groups is 1. The van der Waals surface area contributed by atoms with E-state index in [1.54, 1.807) is 18.2 Å². The summed E-state index contributed by atoms with van der Waals surface area (Å²) in [6.45, 7) is 5.36. The summed E-state index contributed by atoms with van der Waals surface area (Å²) in [6.07, 6.45) is -0.0392. The minimum Gasteiger partial charge on any atom is -0.484 e. The van der Waals surface area contributed by atoms with Gasteiger partial charge in [0.25, 0.3) is 11.8 Å². The molecule has 0 aliphatic carbocycles. The van der Waals surface area contributed by atoms with Gasteiger partial charge in [-0.2, -0.15) is 0 Å². The Kier molecular flexibility index (Phi) is 8.16. The molecular weight excluding hydrogens is 390 g/mol. The maximum atomic E-state index is 12.1. The molecule has 2 aromatic rings. The molecule has 0 aliphatic heterocycles. The summed E-state index contributed by atoms with van der Waals surface area (Å²) in [5, 5.41) is 11.0. The van der Waals surface area contributed by atoms with Crippen molar-refractivity contribution in [3.8, 4) is 11.5 Å². The summed E-state index contributed by atoms with van der Waals surface area (Å²) in [4.78, 5) is 34.4. The highest BCUT2D eigenvalue weighted by Gasteiger charge is 2.21. The molecular formula is C21H25N3O6. The molecule has 160 valence electrons. The normalized spacial score (nSPS) is 12.4. The fourth-order valence-electron chi connectivity index (χ4n) is 2.50. The number of amides is 2. The summed E-state index contributed by atoms with van der Waals surface area (Å²) in [6, 6.07) is 13.2. The molecule has 30 heavy (non-hydrogen) atoms. The number of nitrogens with zero attached hydrogens (tertiary/aromatic N) is 1. The van der Waals surface area contributed by atoms with Crippen molar-refractivity contribution >= 4 is 17.5 Å². The molecule has 0 heterocycles. The molecule has 0 saturated heterocycles. The highest BCUT2D eigenvalue weighted by atomic mass is 16.6. The number of hydrogen-bond donors (Lipinski definition) is 2. The first-order valence-corrected chi connectivity index (χ1v) is 9.53. The first-order valence-electron chi connectivity index (χ1n) is 9.53. The summed E-state index contributed by atoms with van der Waals surface area (Å²) in [7, 11) is 0. The summed E-state index contributed by atoms with van der Waals surface area (Å²) >= 11 is 0. The fraction of sp³-hybridized carbons (Fsp3) is 0.333. The molecule has 0 fully saturated rings. The first kappa shape index (κ1) is 22.7. The number of carbonyl (C=O) groups is 2. The minimum atomic E-state index is -1.07. The van der Waals surface area contributed by atoms with E-state index in [4.69, 9.17) is 9.47 Å². The third-order valence-corrected chi connectivity index (χ3v) is 4.49. The molecule has 2 atom stereocenters. The van der Waals surface area contributed by atoms with Crippen LogP contribution in [-0.2, 0) is 9.59 Å². The van der Waals surface area contributed by atoms with Crippen molar-refractivity contribution in [1.82, 2.24) is 10.9 Å². The van der Waals surface area contributed by atoms with E-state index in [2.05, 4.69) is 24.7 Å². The summed E-state index contributed by atoms with van der Waals surface area (Å²) in [5.41, 5.74) is 5.36. The van der Waals surface area contributed by atoms with Gasteiger partial charge < -0.3 is 9.47 Å². The molecule has 0 aliphatic rings. The lowest BCUT2D eigenvalue weighted by Crippen LogP contribution is -2.48. The van der Waals surface area contributed by atoms with E-state index < -0.39 is 22.8 Å². The van der Waals surface area contributed by atoms with Crippen LogP contribution in [0.25, 0.3) is 0 Å². The van der Waals surface area contributed by atoms with E-state index in [-0.39, 0.29) is 18.0 Å². The number of hydrazine groups is 1. The van der Waals surface area contributed by atoms with Gasteiger partial charge in [-0.15, -0.1) is 0 Å². The van der Waals surface area contributed by atoms with Gasteiger partial charge in [-0.3, -0.25) is 30.6 Å². The summed E-state index contributed by atoms with van der Waals surface area (Å²) in [5.74, 6) is -0.289. The van der Waals surface area contributed by atoms with Crippen molar-refractivity contribution in [3.63, 3.8) is 0 Å². The molecule has 2 amide bonds. The van der Waals surface area contributed by atoms with Crippen LogP contribution in [0.15, 0.2) is 48.5 Å². The van der Waals surface area contributed by atoms with Crippen molar-refractivity contribution in [1.29, 1.82) is 0 Å². The highest BCUT2D eigenvalue weighted by Crippen LogP contribution is 2.26. The van der Waals surface area contributed by atoms with Crippen molar-refractivity contribution in [2.45, 2.75) is 39.2 Å². The van der Waals surface area contributed by atoms with Gasteiger partial charge >= 0.3 is 5.69 Å². The van der Waals surface area contributed by atoms with Crippen LogP contribution >= 0.6 is 0 Å². The second-order valence-electron chi connectivity index (χ2n) is 6.69. The Morgan fingerprint density at radius 2 is 1.73 bits per heavy atom. The Labute approximate surface area is 174 Å². The van der Waals surface area contributed by atoms with E-state index in [9.17, 15) is 19.7 Å². The van der Waals surface area contributed by atoms with Crippen LogP contribution in [0.4, 0.5) is 5.69 Å². The molecule has 2 rings (SSSR count). The second-order valence-corrected chi connectivity index (χ2v) is 6.69. The molecule has 0 radical (unpaired) electrons. The Morgan fingerprint density at radius 1 is 1.07 bits per heavy atom. The number of para-hydroxylation sites is 2. The Hall–Kier alpha value is -3.62. The molecule has 9 nitrogen and oxygen atoms in total. The van der Waals surface area contributed by atoms with Crippen LogP contribution in [0.5, 0.6) is 11.5 Å². The third kappa shape index (κ3) is 6.47. The lowest BCUT2D eigenvalue weighted by atomic mass is 9.99. The van der Waals surface area contributed by atoms with E-state index in [1.165, 1.54) is 30.7 Å². The van der Waals surface area contributed by atoms with Crippen molar-refractivity contribution in [2.24, 2.45) is 0 Å². The number of benzene rings is 2. The number of nitro benzene ring substituents is 1. The standard InChI is InChI=1S/C21H25N3O6/c1-4-14(2)16-9-11-17(12-10-16)29-13-20(25)22-23-21(26)15(3)30-19-8-6-5-7-18(19)24(27)28/h5-12,14-15H,4,13H2,1-3H3,(H,22,25)(H,23,26)/t14-,15+/m1/s1. The van der Waals surface area contributed by atoms with E-state index in [0.717, 1.165) is 6.42 Å². The Bertz CT molecular complexity index is 885. The topological polar surface area (TPSA) is 120 Å². The number of nitrogens with one attached hydrogen (secondary N) is 2. The molecule has 0 bridgehead atoms. The van der Waals surface area contributed by atoms with Crippen molar-refractivity contribution in [3.05, 3.63) is 64.2 Å². The maximum Gasteiger partial charge on any atom is 0.310 e. The SMILES string of the molecule is CC[C@@H](C)c1ccc(OCC(=O)NNC(=O)[C@H](C)Oc2ccccc2[N+](=O)[O-])cc1.